The molecule has 1 atom stereocenters. The SMILES string of the molecule is Cc1ccc(CN2C(=O)CCc3c(C)nc([C@@H]4CCCN4C(=O)c4cccnc4)nc32)cc1. The molecule has 1 saturated heterocycles. The zero-order valence-electron chi connectivity index (χ0n) is 19.0. The minimum atomic E-state index is -0.208. The van der Waals surface area contributed by atoms with Gasteiger partial charge in [0.15, 0.2) is 5.82 Å². The van der Waals surface area contributed by atoms with Crippen LogP contribution in [-0.4, -0.2) is 38.2 Å². The number of likely N-dealkylation sites (tertiary alicyclic amines) is 1. The van der Waals surface area contributed by atoms with Gasteiger partial charge in [-0.15, -0.1) is 0 Å². The number of rotatable bonds is 4. The number of aromatic nitrogens is 3. The van der Waals surface area contributed by atoms with Gasteiger partial charge >= 0.3 is 0 Å². The smallest absolute Gasteiger partial charge is 0.256 e. The Morgan fingerprint density at radius 3 is 2.67 bits per heavy atom. The van der Waals surface area contributed by atoms with Crippen molar-refractivity contribution in [1.82, 2.24) is 19.9 Å². The average Bonchev–Trinajstić information content (AvgIpc) is 3.32. The van der Waals surface area contributed by atoms with Gasteiger partial charge in [0, 0.05) is 36.6 Å². The molecule has 0 aliphatic carbocycles. The van der Waals surface area contributed by atoms with Gasteiger partial charge < -0.3 is 4.90 Å². The standard InChI is InChI=1S/C26H27N5O2/c1-17-7-9-19(10-8-17)16-31-23(32)12-11-21-18(2)28-24(29-25(21)31)22-6-4-14-30(22)26(33)20-5-3-13-27-15-20/h3,5,7-10,13,15,22H,4,6,11-12,14,16H2,1-2H3/t22-/m0/s1. The molecule has 2 aliphatic heterocycles. The summed E-state index contributed by atoms with van der Waals surface area (Å²) in [4.78, 5) is 43.5. The van der Waals surface area contributed by atoms with Crippen molar-refractivity contribution < 1.29 is 9.59 Å². The molecular formula is C26H27N5O2. The fraction of sp³-hybridized carbons (Fsp3) is 0.346. The van der Waals surface area contributed by atoms with E-state index in [1.165, 1.54) is 5.56 Å². The predicted octanol–water partition coefficient (Wildman–Crippen LogP) is 3.95. The monoisotopic (exact) mass is 441 g/mol. The van der Waals surface area contributed by atoms with Crippen LogP contribution in [0.25, 0.3) is 0 Å². The Kier molecular flexibility index (Phi) is 5.62. The summed E-state index contributed by atoms with van der Waals surface area (Å²) in [5.41, 5.74) is 4.72. The number of pyridine rings is 1. The third kappa shape index (κ3) is 4.11. The normalized spacial score (nSPS) is 17.9. The summed E-state index contributed by atoms with van der Waals surface area (Å²) in [5.74, 6) is 1.32. The molecule has 3 aromatic rings. The van der Waals surface area contributed by atoms with Crippen LogP contribution in [0.15, 0.2) is 48.8 Å². The lowest BCUT2D eigenvalue weighted by Gasteiger charge is -2.31. The van der Waals surface area contributed by atoms with Gasteiger partial charge in [0.05, 0.1) is 18.2 Å². The van der Waals surface area contributed by atoms with Crippen LogP contribution in [0.4, 0.5) is 5.82 Å². The van der Waals surface area contributed by atoms with Gasteiger partial charge in [-0.25, -0.2) is 9.97 Å². The number of fused-ring (bicyclic) bond motifs is 1. The third-order valence-electron chi connectivity index (χ3n) is 6.54. The van der Waals surface area contributed by atoms with Gasteiger partial charge in [0.1, 0.15) is 5.82 Å². The molecule has 0 N–H and O–H groups in total. The van der Waals surface area contributed by atoms with Crippen molar-refractivity contribution in [3.63, 3.8) is 0 Å². The molecule has 7 heteroatoms. The number of nitrogens with zero attached hydrogens (tertiary/aromatic N) is 5. The maximum absolute atomic E-state index is 13.2. The largest absolute Gasteiger partial charge is 0.328 e. The maximum Gasteiger partial charge on any atom is 0.256 e. The van der Waals surface area contributed by atoms with Gasteiger partial charge in [0.25, 0.3) is 5.91 Å². The van der Waals surface area contributed by atoms with Gasteiger partial charge in [-0.05, 0) is 50.8 Å². The molecule has 2 amide bonds. The molecule has 168 valence electrons. The van der Waals surface area contributed by atoms with E-state index >= 15 is 0 Å². The zero-order valence-corrected chi connectivity index (χ0v) is 19.0. The number of benzene rings is 1. The Morgan fingerprint density at radius 2 is 1.91 bits per heavy atom. The first kappa shape index (κ1) is 21.2. The molecule has 2 aliphatic rings. The highest BCUT2D eigenvalue weighted by Crippen LogP contribution is 2.35. The summed E-state index contributed by atoms with van der Waals surface area (Å²) in [7, 11) is 0. The Balaban J connectivity index is 1.49. The van der Waals surface area contributed by atoms with E-state index in [0.29, 0.717) is 43.1 Å². The Hall–Kier alpha value is -3.61. The van der Waals surface area contributed by atoms with Crippen LogP contribution in [0.2, 0.25) is 0 Å². The van der Waals surface area contributed by atoms with Crippen molar-refractivity contribution in [2.24, 2.45) is 0 Å². The summed E-state index contributed by atoms with van der Waals surface area (Å²) in [6, 6.07) is 11.6. The summed E-state index contributed by atoms with van der Waals surface area (Å²) >= 11 is 0. The second-order valence-electron chi connectivity index (χ2n) is 8.83. The van der Waals surface area contributed by atoms with Crippen molar-refractivity contribution in [1.29, 1.82) is 0 Å². The maximum atomic E-state index is 13.2. The first-order valence-electron chi connectivity index (χ1n) is 11.5. The molecule has 4 heterocycles. The second kappa shape index (κ2) is 8.73. The lowest BCUT2D eigenvalue weighted by molar-refractivity contribution is -0.119. The number of aryl methyl sites for hydroxylation is 2. The number of amides is 2. The van der Waals surface area contributed by atoms with Gasteiger partial charge in [-0.3, -0.25) is 19.5 Å². The minimum Gasteiger partial charge on any atom is -0.328 e. The Labute approximate surface area is 193 Å². The Bertz CT molecular complexity index is 1190. The van der Waals surface area contributed by atoms with Crippen molar-refractivity contribution in [3.05, 3.63) is 82.6 Å². The van der Waals surface area contributed by atoms with Crippen LogP contribution < -0.4 is 4.90 Å². The van der Waals surface area contributed by atoms with Crippen molar-refractivity contribution >= 4 is 17.6 Å². The number of hydrogen-bond donors (Lipinski definition) is 0. The first-order chi connectivity index (χ1) is 16.0. The average molecular weight is 442 g/mol. The molecule has 0 bridgehead atoms. The van der Waals surface area contributed by atoms with E-state index in [9.17, 15) is 9.59 Å². The first-order valence-corrected chi connectivity index (χ1v) is 11.5. The fourth-order valence-electron chi connectivity index (χ4n) is 4.72. The number of carbonyl (C=O) groups is 2. The van der Waals surface area contributed by atoms with E-state index in [0.717, 1.165) is 29.7 Å². The quantitative estimate of drug-likeness (QED) is 0.613. The minimum absolute atomic E-state index is 0.0582. The molecule has 0 spiro atoms. The van der Waals surface area contributed by atoms with Crippen LogP contribution in [0.5, 0.6) is 0 Å². The van der Waals surface area contributed by atoms with Crippen LogP contribution in [-0.2, 0) is 17.8 Å². The van der Waals surface area contributed by atoms with E-state index in [1.54, 1.807) is 29.4 Å². The summed E-state index contributed by atoms with van der Waals surface area (Å²) in [6.07, 6.45) is 6.05. The van der Waals surface area contributed by atoms with E-state index in [4.69, 9.17) is 9.97 Å². The van der Waals surface area contributed by atoms with Crippen LogP contribution in [0, 0.1) is 13.8 Å². The second-order valence-corrected chi connectivity index (χ2v) is 8.83. The zero-order chi connectivity index (χ0) is 22.9. The lowest BCUT2D eigenvalue weighted by Crippen LogP contribution is -2.37. The van der Waals surface area contributed by atoms with Crippen LogP contribution in [0.3, 0.4) is 0 Å². The van der Waals surface area contributed by atoms with Gasteiger partial charge in [-0.1, -0.05) is 29.8 Å². The molecule has 5 rings (SSSR count). The van der Waals surface area contributed by atoms with E-state index in [1.807, 2.05) is 18.7 Å². The van der Waals surface area contributed by atoms with Crippen LogP contribution >= 0.6 is 0 Å². The molecule has 0 saturated carbocycles. The molecule has 1 aromatic carbocycles. The topological polar surface area (TPSA) is 79.3 Å². The van der Waals surface area contributed by atoms with Crippen LogP contribution in [0.1, 0.15) is 63.9 Å². The van der Waals surface area contributed by atoms with Crippen molar-refractivity contribution in [3.8, 4) is 0 Å². The highest BCUT2D eigenvalue weighted by atomic mass is 16.2. The van der Waals surface area contributed by atoms with E-state index in [2.05, 4.69) is 29.2 Å². The third-order valence-corrected chi connectivity index (χ3v) is 6.54. The van der Waals surface area contributed by atoms with Crippen molar-refractivity contribution in [2.45, 2.75) is 52.1 Å². The van der Waals surface area contributed by atoms with E-state index in [-0.39, 0.29) is 17.9 Å². The molecule has 2 aromatic heterocycles. The molecule has 0 radical (unpaired) electrons. The fourth-order valence-corrected chi connectivity index (χ4v) is 4.72. The summed E-state index contributed by atoms with van der Waals surface area (Å²) in [5, 5.41) is 0. The molecule has 0 unspecified atom stereocenters. The van der Waals surface area contributed by atoms with Gasteiger partial charge in [0.2, 0.25) is 5.91 Å². The van der Waals surface area contributed by atoms with Crippen molar-refractivity contribution in [2.75, 3.05) is 11.4 Å². The lowest BCUT2D eigenvalue weighted by atomic mass is 10.0. The Morgan fingerprint density at radius 1 is 1.09 bits per heavy atom. The van der Waals surface area contributed by atoms with Gasteiger partial charge in [-0.2, -0.15) is 0 Å². The molecule has 1 fully saturated rings. The summed E-state index contributed by atoms with van der Waals surface area (Å²) < 4.78 is 0. The molecule has 33 heavy (non-hydrogen) atoms. The number of anilines is 1. The van der Waals surface area contributed by atoms with E-state index < -0.39 is 0 Å². The summed E-state index contributed by atoms with van der Waals surface area (Å²) in [6.45, 7) is 5.16. The highest BCUT2D eigenvalue weighted by Gasteiger charge is 2.35. The predicted molar refractivity (Wildman–Crippen MR) is 125 cm³/mol. The highest BCUT2D eigenvalue weighted by molar-refractivity contribution is 5.95. The molecular weight excluding hydrogens is 414 g/mol. The number of carbonyl (C=O) groups excluding carboxylic acids is 2. The number of hydrogen-bond acceptors (Lipinski definition) is 5. The molecule has 7 nitrogen and oxygen atoms in total.